The van der Waals surface area contributed by atoms with Gasteiger partial charge in [-0.1, -0.05) is 18.2 Å². The SMILES string of the molecule is CCOc1ccc(N=C2S/C(=C\c3ccccc3OCC(=O)O)C(=O)N2CC)cc1. The molecule has 0 atom stereocenters. The molecule has 0 saturated carbocycles. The molecule has 0 unspecified atom stereocenters. The smallest absolute Gasteiger partial charge is 0.341 e. The minimum Gasteiger partial charge on any atom is -0.494 e. The molecule has 0 radical (unpaired) electrons. The number of carbonyl (C=O) groups is 2. The molecule has 7 nitrogen and oxygen atoms in total. The molecule has 0 aliphatic carbocycles. The van der Waals surface area contributed by atoms with Gasteiger partial charge in [0.1, 0.15) is 11.5 Å². The summed E-state index contributed by atoms with van der Waals surface area (Å²) >= 11 is 1.27. The first-order chi connectivity index (χ1) is 14.5. The highest BCUT2D eigenvalue weighted by Gasteiger charge is 2.32. The van der Waals surface area contributed by atoms with Gasteiger partial charge in [0, 0.05) is 12.1 Å². The molecule has 1 N–H and O–H groups in total. The van der Waals surface area contributed by atoms with E-state index in [2.05, 4.69) is 4.99 Å². The van der Waals surface area contributed by atoms with Crippen LogP contribution >= 0.6 is 11.8 Å². The first-order valence-corrected chi connectivity index (χ1v) is 10.3. The molecular formula is C22H22N2O5S. The van der Waals surface area contributed by atoms with Crippen molar-refractivity contribution in [1.29, 1.82) is 0 Å². The first kappa shape index (κ1) is 21.4. The quantitative estimate of drug-likeness (QED) is 0.638. The van der Waals surface area contributed by atoms with Crippen LogP contribution in [0.1, 0.15) is 19.4 Å². The van der Waals surface area contributed by atoms with Crippen LogP contribution in [0.5, 0.6) is 11.5 Å². The van der Waals surface area contributed by atoms with E-state index < -0.39 is 12.6 Å². The zero-order valence-corrected chi connectivity index (χ0v) is 17.5. The third kappa shape index (κ3) is 5.21. The molecule has 1 aliphatic heterocycles. The Labute approximate surface area is 179 Å². The number of likely N-dealkylation sites (N-methyl/N-ethyl adjacent to an activating group) is 1. The number of para-hydroxylation sites is 1. The lowest BCUT2D eigenvalue weighted by atomic mass is 10.2. The van der Waals surface area contributed by atoms with Crippen LogP contribution in [-0.4, -0.2) is 46.8 Å². The molecule has 0 aromatic heterocycles. The summed E-state index contributed by atoms with van der Waals surface area (Å²) in [6.07, 6.45) is 1.70. The average molecular weight is 426 g/mol. The number of hydrogen-bond donors (Lipinski definition) is 1. The van der Waals surface area contributed by atoms with Gasteiger partial charge in [-0.05, 0) is 62.0 Å². The number of amides is 1. The minimum absolute atomic E-state index is 0.153. The molecule has 30 heavy (non-hydrogen) atoms. The molecule has 1 saturated heterocycles. The van der Waals surface area contributed by atoms with Crippen LogP contribution in [0.4, 0.5) is 5.69 Å². The highest BCUT2D eigenvalue weighted by molar-refractivity contribution is 8.18. The fourth-order valence-electron chi connectivity index (χ4n) is 2.78. The molecular weight excluding hydrogens is 404 g/mol. The van der Waals surface area contributed by atoms with Crippen molar-refractivity contribution in [3.63, 3.8) is 0 Å². The van der Waals surface area contributed by atoms with Crippen molar-refractivity contribution in [2.75, 3.05) is 19.8 Å². The Balaban J connectivity index is 1.86. The Kier molecular flexibility index (Phi) is 7.13. The normalized spacial score (nSPS) is 16.3. The van der Waals surface area contributed by atoms with Crippen molar-refractivity contribution in [2.24, 2.45) is 4.99 Å². The number of thioether (sulfide) groups is 1. The van der Waals surface area contributed by atoms with Gasteiger partial charge in [-0.25, -0.2) is 9.79 Å². The molecule has 1 fully saturated rings. The van der Waals surface area contributed by atoms with Gasteiger partial charge in [0.15, 0.2) is 11.8 Å². The van der Waals surface area contributed by atoms with Crippen LogP contribution in [0.2, 0.25) is 0 Å². The molecule has 2 aromatic carbocycles. The van der Waals surface area contributed by atoms with Gasteiger partial charge in [-0.3, -0.25) is 9.69 Å². The molecule has 156 valence electrons. The monoisotopic (exact) mass is 426 g/mol. The maximum atomic E-state index is 12.9. The lowest BCUT2D eigenvalue weighted by Crippen LogP contribution is -2.28. The Morgan fingerprint density at radius 1 is 1.13 bits per heavy atom. The predicted octanol–water partition coefficient (Wildman–Crippen LogP) is 4.17. The maximum Gasteiger partial charge on any atom is 0.341 e. The van der Waals surface area contributed by atoms with E-state index in [-0.39, 0.29) is 5.91 Å². The topological polar surface area (TPSA) is 88.4 Å². The van der Waals surface area contributed by atoms with Crippen LogP contribution in [0.25, 0.3) is 6.08 Å². The second-order valence-corrected chi connectivity index (χ2v) is 7.21. The van der Waals surface area contributed by atoms with E-state index in [1.807, 2.05) is 38.1 Å². The second kappa shape index (κ2) is 9.98. The maximum absolute atomic E-state index is 12.9. The lowest BCUT2D eigenvalue weighted by molar-refractivity contribution is -0.139. The van der Waals surface area contributed by atoms with Crippen LogP contribution in [-0.2, 0) is 9.59 Å². The highest BCUT2D eigenvalue weighted by atomic mass is 32.2. The number of ether oxygens (including phenoxy) is 2. The average Bonchev–Trinajstić information content (AvgIpc) is 3.03. The molecule has 3 rings (SSSR count). The molecule has 0 spiro atoms. The van der Waals surface area contributed by atoms with Gasteiger partial charge in [0.05, 0.1) is 17.2 Å². The van der Waals surface area contributed by atoms with E-state index in [0.717, 1.165) is 11.4 Å². The largest absolute Gasteiger partial charge is 0.494 e. The predicted molar refractivity (Wildman–Crippen MR) is 117 cm³/mol. The Hall–Kier alpha value is -3.26. The molecule has 2 aromatic rings. The Bertz CT molecular complexity index is 985. The number of aliphatic imine (C=N–C) groups is 1. The van der Waals surface area contributed by atoms with Crippen molar-refractivity contribution < 1.29 is 24.2 Å². The zero-order chi connectivity index (χ0) is 21.5. The zero-order valence-electron chi connectivity index (χ0n) is 16.7. The van der Waals surface area contributed by atoms with E-state index in [1.165, 1.54) is 11.8 Å². The number of hydrogen-bond acceptors (Lipinski definition) is 6. The van der Waals surface area contributed by atoms with Crippen LogP contribution < -0.4 is 9.47 Å². The van der Waals surface area contributed by atoms with Crippen LogP contribution in [0.15, 0.2) is 58.4 Å². The van der Waals surface area contributed by atoms with E-state index in [9.17, 15) is 9.59 Å². The Morgan fingerprint density at radius 2 is 1.87 bits per heavy atom. The summed E-state index contributed by atoms with van der Waals surface area (Å²) in [6, 6.07) is 14.4. The molecule has 8 heteroatoms. The van der Waals surface area contributed by atoms with Crippen LogP contribution in [0, 0.1) is 0 Å². The van der Waals surface area contributed by atoms with Crippen molar-refractivity contribution in [1.82, 2.24) is 4.90 Å². The molecule has 1 aliphatic rings. The lowest BCUT2D eigenvalue weighted by Gasteiger charge is -2.12. The number of carboxylic acids is 1. The van der Waals surface area contributed by atoms with E-state index >= 15 is 0 Å². The van der Waals surface area contributed by atoms with E-state index in [0.29, 0.717) is 34.5 Å². The third-order valence-corrected chi connectivity index (χ3v) is 5.14. The van der Waals surface area contributed by atoms with Gasteiger partial charge < -0.3 is 14.6 Å². The van der Waals surface area contributed by atoms with Gasteiger partial charge >= 0.3 is 5.97 Å². The molecule has 1 heterocycles. The minimum atomic E-state index is -1.06. The summed E-state index contributed by atoms with van der Waals surface area (Å²) < 4.78 is 10.8. The van der Waals surface area contributed by atoms with Crippen LogP contribution in [0.3, 0.4) is 0 Å². The van der Waals surface area contributed by atoms with Gasteiger partial charge in [-0.15, -0.1) is 0 Å². The summed E-state index contributed by atoms with van der Waals surface area (Å²) in [5, 5.41) is 9.44. The number of amidine groups is 1. The summed E-state index contributed by atoms with van der Waals surface area (Å²) in [5.41, 5.74) is 1.35. The number of nitrogens with zero attached hydrogens (tertiary/aromatic N) is 2. The van der Waals surface area contributed by atoms with Gasteiger partial charge in [-0.2, -0.15) is 0 Å². The first-order valence-electron chi connectivity index (χ1n) is 9.48. The van der Waals surface area contributed by atoms with Crippen molar-refractivity contribution in [2.45, 2.75) is 13.8 Å². The van der Waals surface area contributed by atoms with E-state index in [4.69, 9.17) is 14.6 Å². The fourth-order valence-corrected chi connectivity index (χ4v) is 3.83. The number of benzene rings is 2. The standard InChI is InChI=1S/C22H22N2O5S/c1-3-24-21(27)19(13-15-7-5-6-8-18(15)29-14-20(25)26)30-22(24)23-16-9-11-17(12-10-16)28-4-2/h5-13H,3-4,14H2,1-2H3,(H,25,26)/b19-13-,23-22?. The molecule has 1 amide bonds. The third-order valence-electron chi connectivity index (χ3n) is 4.13. The fraction of sp³-hybridized carbons (Fsp3) is 0.227. The molecule has 0 bridgehead atoms. The summed E-state index contributed by atoms with van der Waals surface area (Å²) in [5.74, 6) is -0.0471. The van der Waals surface area contributed by atoms with Gasteiger partial charge in [0.25, 0.3) is 5.91 Å². The number of aliphatic carboxylic acids is 1. The van der Waals surface area contributed by atoms with Crippen molar-refractivity contribution in [3.8, 4) is 11.5 Å². The van der Waals surface area contributed by atoms with Crippen molar-refractivity contribution >= 4 is 40.6 Å². The number of rotatable bonds is 8. The van der Waals surface area contributed by atoms with E-state index in [1.54, 1.807) is 35.2 Å². The van der Waals surface area contributed by atoms with Gasteiger partial charge in [0.2, 0.25) is 0 Å². The number of carboxylic acid groups (broad SMARTS) is 1. The summed E-state index contributed by atoms with van der Waals surface area (Å²) in [6.45, 7) is 4.43. The Morgan fingerprint density at radius 3 is 2.53 bits per heavy atom. The number of carbonyl (C=O) groups excluding carboxylic acids is 1. The second-order valence-electron chi connectivity index (χ2n) is 6.20. The summed E-state index contributed by atoms with van der Waals surface area (Å²) in [7, 11) is 0. The summed E-state index contributed by atoms with van der Waals surface area (Å²) in [4.78, 5) is 30.4. The van der Waals surface area contributed by atoms with Crippen molar-refractivity contribution in [3.05, 3.63) is 59.0 Å². The highest BCUT2D eigenvalue weighted by Crippen LogP contribution is 2.35.